The maximum atomic E-state index is 12.0. The normalized spacial score (nSPS) is 16.6. The molecule has 0 radical (unpaired) electrons. The number of piperidine rings is 1. The second-order valence-electron chi connectivity index (χ2n) is 6.20. The Morgan fingerprint density at radius 3 is 2.88 bits per heavy atom. The molecule has 0 bridgehead atoms. The van der Waals surface area contributed by atoms with Gasteiger partial charge in [0.2, 0.25) is 17.6 Å². The molecule has 0 saturated carbocycles. The van der Waals surface area contributed by atoms with Crippen LogP contribution >= 0.6 is 12.4 Å². The van der Waals surface area contributed by atoms with Gasteiger partial charge >= 0.3 is 0 Å². The van der Waals surface area contributed by atoms with Crippen LogP contribution in [0.5, 0.6) is 5.75 Å². The van der Waals surface area contributed by atoms with Crippen molar-refractivity contribution >= 4 is 18.3 Å². The lowest BCUT2D eigenvalue weighted by molar-refractivity contribution is -0.122. The summed E-state index contributed by atoms with van der Waals surface area (Å²) in [4.78, 5) is 16.4. The van der Waals surface area contributed by atoms with Crippen molar-refractivity contribution in [3.05, 3.63) is 30.2 Å². The minimum absolute atomic E-state index is 0. The van der Waals surface area contributed by atoms with Gasteiger partial charge in [0, 0.05) is 31.0 Å². The molecule has 2 N–H and O–H groups in total. The predicted molar refractivity (Wildman–Crippen MR) is 101 cm³/mol. The van der Waals surface area contributed by atoms with Gasteiger partial charge in [0.25, 0.3) is 0 Å². The van der Waals surface area contributed by atoms with Crippen LogP contribution < -0.4 is 15.4 Å². The number of aromatic nitrogens is 2. The molecule has 0 spiro atoms. The van der Waals surface area contributed by atoms with Gasteiger partial charge in [-0.25, -0.2) is 0 Å². The number of benzene rings is 1. The molecule has 1 aromatic carbocycles. The van der Waals surface area contributed by atoms with E-state index in [0.29, 0.717) is 31.0 Å². The molecule has 1 saturated heterocycles. The van der Waals surface area contributed by atoms with E-state index in [1.165, 1.54) is 0 Å². The Hall–Kier alpha value is -2.12. The fraction of sp³-hybridized carbons (Fsp3) is 0.500. The smallest absolute Gasteiger partial charge is 0.226 e. The lowest BCUT2D eigenvalue weighted by Gasteiger charge is -2.23. The van der Waals surface area contributed by atoms with Crippen molar-refractivity contribution in [2.75, 3.05) is 20.2 Å². The van der Waals surface area contributed by atoms with Crippen LogP contribution in [-0.4, -0.2) is 42.3 Å². The first-order chi connectivity index (χ1) is 12.2. The average molecular weight is 381 g/mol. The van der Waals surface area contributed by atoms with E-state index in [2.05, 4.69) is 20.8 Å². The highest BCUT2D eigenvalue weighted by atomic mass is 35.5. The molecule has 1 unspecified atom stereocenters. The molecule has 1 aliphatic rings. The van der Waals surface area contributed by atoms with Gasteiger partial charge in [-0.15, -0.1) is 12.4 Å². The summed E-state index contributed by atoms with van der Waals surface area (Å²) in [5, 5.41) is 10.4. The van der Waals surface area contributed by atoms with Crippen molar-refractivity contribution in [3.8, 4) is 17.1 Å². The van der Waals surface area contributed by atoms with Crippen molar-refractivity contribution < 1.29 is 14.1 Å². The number of aryl methyl sites for hydroxylation is 1. The van der Waals surface area contributed by atoms with Gasteiger partial charge in [-0.05, 0) is 50.1 Å². The van der Waals surface area contributed by atoms with Crippen LogP contribution in [0.2, 0.25) is 0 Å². The molecule has 1 amide bonds. The number of halogens is 1. The standard InChI is InChI=1S/C18H24N4O3.ClH/c1-24-15-9-7-13(8-10-15)18-21-17(25-22-18)6-2-5-16(23)20-14-4-3-11-19-12-14;/h7-10,14,19H,2-6,11-12H2,1H3,(H,20,23);1H. The zero-order valence-corrected chi connectivity index (χ0v) is 15.7. The molecule has 1 atom stereocenters. The third-order valence-electron chi connectivity index (χ3n) is 4.27. The molecule has 2 aromatic rings. The van der Waals surface area contributed by atoms with E-state index in [0.717, 1.165) is 37.2 Å². The van der Waals surface area contributed by atoms with Crippen molar-refractivity contribution in [3.63, 3.8) is 0 Å². The molecule has 8 heteroatoms. The van der Waals surface area contributed by atoms with Crippen LogP contribution in [0.4, 0.5) is 0 Å². The monoisotopic (exact) mass is 380 g/mol. The van der Waals surface area contributed by atoms with E-state index >= 15 is 0 Å². The highest BCUT2D eigenvalue weighted by Gasteiger charge is 2.15. The van der Waals surface area contributed by atoms with E-state index < -0.39 is 0 Å². The quantitative estimate of drug-likeness (QED) is 0.766. The molecule has 2 heterocycles. The summed E-state index contributed by atoms with van der Waals surface area (Å²) in [5.74, 6) is 1.98. The van der Waals surface area contributed by atoms with E-state index in [1.807, 2.05) is 24.3 Å². The number of carbonyl (C=O) groups is 1. The molecule has 3 rings (SSSR count). The van der Waals surface area contributed by atoms with Crippen LogP contribution in [0.25, 0.3) is 11.4 Å². The highest BCUT2D eigenvalue weighted by molar-refractivity contribution is 5.85. The minimum Gasteiger partial charge on any atom is -0.497 e. The lowest BCUT2D eigenvalue weighted by atomic mass is 10.1. The second-order valence-corrected chi connectivity index (χ2v) is 6.20. The Kier molecular flexibility index (Phi) is 7.87. The van der Waals surface area contributed by atoms with Crippen LogP contribution in [0.15, 0.2) is 28.8 Å². The second kappa shape index (κ2) is 10.1. The first kappa shape index (κ1) is 20.2. The Morgan fingerprint density at radius 2 is 2.19 bits per heavy atom. The van der Waals surface area contributed by atoms with Crippen LogP contribution in [0.1, 0.15) is 31.6 Å². The predicted octanol–water partition coefficient (Wildman–Crippen LogP) is 2.36. The maximum absolute atomic E-state index is 12.0. The minimum atomic E-state index is 0. The number of hydrogen-bond acceptors (Lipinski definition) is 6. The highest BCUT2D eigenvalue weighted by Crippen LogP contribution is 2.20. The summed E-state index contributed by atoms with van der Waals surface area (Å²) in [7, 11) is 1.63. The topological polar surface area (TPSA) is 89.3 Å². The SMILES string of the molecule is COc1ccc(-c2noc(CCCC(=O)NC3CCCNC3)n2)cc1.Cl. The van der Waals surface area contributed by atoms with Gasteiger partial charge < -0.3 is 19.9 Å². The Labute approximate surface area is 159 Å². The van der Waals surface area contributed by atoms with Crippen molar-refractivity contribution in [1.82, 2.24) is 20.8 Å². The molecule has 7 nitrogen and oxygen atoms in total. The summed E-state index contributed by atoms with van der Waals surface area (Å²) in [6.45, 7) is 1.90. The van der Waals surface area contributed by atoms with Gasteiger partial charge in [0.1, 0.15) is 5.75 Å². The fourth-order valence-electron chi connectivity index (χ4n) is 2.89. The summed E-state index contributed by atoms with van der Waals surface area (Å²) < 4.78 is 10.4. The van der Waals surface area contributed by atoms with Crippen LogP contribution in [0.3, 0.4) is 0 Å². The van der Waals surface area contributed by atoms with Gasteiger partial charge in [-0.3, -0.25) is 4.79 Å². The van der Waals surface area contributed by atoms with Gasteiger partial charge in [-0.2, -0.15) is 4.98 Å². The number of carbonyl (C=O) groups excluding carboxylic acids is 1. The molecule has 1 aliphatic heterocycles. The number of hydrogen-bond donors (Lipinski definition) is 2. The summed E-state index contributed by atoms with van der Waals surface area (Å²) >= 11 is 0. The number of rotatable bonds is 7. The molecule has 1 fully saturated rings. The molecular formula is C18H25ClN4O3. The summed E-state index contributed by atoms with van der Waals surface area (Å²) in [5.41, 5.74) is 0.873. The average Bonchev–Trinajstić information content (AvgIpc) is 3.11. The van der Waals surface area contributed by atoms with Crippen molar-refractivity contribution in [2.24, 2.45) is 0 Å². The van der Waals surface area contributed by atoms with E-state index in [1.54, 1.807) is 7.11 Å². The first-order valence-corrected chi connectivity index (χ1v) is 8.71. The number of nitrogens with zero attached hydrogens (tertiary/aromatic N) is 2. The molecule has 1 aromatic heterocycles. The molecule has 0 aliphatic carbocycles. The van der Waals surface area contributed by atoms with Crippen molar-refractivity contribution in [2.45, 2.75) is 38.1 Å². The molecular weight excluding hydrogens is 356 g/mol. The number of methoxy groups -OCH3 is 1. The van der Waals surface area contributed by atoms with Gasteiger partial charge in [-0.1, -0.05) is 5.16 Å². The largest absolute Gasteiger partial charge is 0.497 e. The van der Waals surface area contributed by atoms with E-state index in [-0.39, 0.29) is 24.4 Å². The van der Waals surface area contributed by atoms with Crippen LogP contribution in [0, 0.1) is 0 Å². The lowest BCUT2D eigenvalue weighted by Crippen LogP contribution is -2.45. The Morgan fingerprint density at radius 1 is 1.38 bits per heavy atom. The number of amides is 1. The Balaban J connectivity index is 0.00000243. The first-order valence-electron chi connectivity index (χ1n) is 8.71. The van der Waals surface area contributed by atoms with Gasteiger partial charge in [0.15, 0.2) is 0 Å². The Bertz CT molecular complexity index is 684. The van der Waals surface area contributed by atoms with Gasteiger partial charge in [0.05, 0.1) is 7.11 Å². The third kappa shape index (κ3) is 5.71. The zero-order valence-electron chi connectivity index (χ0n) is 14.9. The third-order valence-corrected chi connectivity index (χ3v) is 4.27. The van der Waals surface area contributed by atoms with Crippen LogP contribution in [-0.2, 0) is 11.2 Å². The number of nitrogens with one attached hydrogen (secondary N) is 2. The summed E-state index contributed by atoms with van der Waals surface area (Å²) in [6, 6.07) is 7.75. The fourth-order valence-corrected chi connectivity index (χ4v) is 2.89. The maximum Gasteiger partial charge on any atom is 0.226 e. The van der Waals surface area contributed by atoms with E-state index in [9.17, 15) is 4.79 Å². The zero-order chi connectivity index (χ0) is 17.5. The van der Waals surface area contributed by atoms with Crippen molar-refractivity contribution in [1.29, 1.82) is 0 Å². The summed E-state index contributed by atoms with van der Waals surface area (Å²) in [6.07, 6.45) is 3.92. The molecule has 26 heavy (non-hydrogen) atoms. The van der Waals surface area contributed by atoms with E-state index in [4.69, 9.17) is 9.26 Å². The number of ether oxygens (including phenoxy) is 1. The molecule has 142 valence electrons.